The largest absolute Gasteiger partial charge is 0.347 e. The van der Waals surface area contributed by atoms with E-state index in [2.05, 4.69) is 10.3 Å². The first-order valence-corrected chi connectivity index (χ1v) is 6.18. The molecule has 0 amide bonds. The van der Waals surface area contributed by atoms with Crippen molar-refractivity contribution in [2.24, 2.45) is 0 Å². The second-order valence-corrected chi connectivity index (χ2v) is 4.51. The maximum absolute atomic E-state index is 11.8. The number of pyridine rings is 1. The van der Waals surface area contributed by atoms with E-state index in [1.165, 1.54) is 6.08 Å². The van der Waals surface area contributed by atoms with Crippen LogP contribution in [0.5, 0.6) is 0 Å². The van der Waals surface area contributed by atoms with Gasteiger partial charge in [-0.05, 0) is 19.1 Å². The van der Waals surface area contributed by atoms with Crippen LogP contribution in [0, 0.1) is 6.92 Å². The zero-order valence-electron chi connectivity index (χ0n) is 10.4. The predicted molar refractivity (Wildman–Crippen MR) is 77.5 cm³/mol. The molecule has 0 aliphatic carbocycles. The molecule has 0 saturated carbocycles. The van der Waals surface area contributed by atoms with E-state index in [1.807, 2.05) is 31.2 Å². The van der Waals surface area contributed by atoms with Crippen LogP contribution in [-0.2, 0) is 0 Å². The molecule has 19 heavy (non-hydrogen) atoms. The smallest absolute Gasteiger partial charge is 0.187 e. The van der Waals surface area contributed by atoms with Crippen molar-refractivity contribution >= 4 is 23.2 Å². The molecule has 96 valence electrons. The van der Waals surface area contributed by atoms with Gasteiger partial charge in [0.1, 0.15) is 5.82 Å². The summed E-state index contributed by atoms with van der Waals surface area (Å²) >= 11 is 5.73. The summed E-state index contributed by atoms with van der Waals surface area (Å²) in [6, 6.07) is 10.9. The quantitative estimate of drug-likeness (QED) is 0.679. The lowest BCUT2D eigenvalue weighted by atomic mass is 10.1. The molecular formula is C15H13ClN2O. The molecule has 1 N–H and O–H groups in total. The van der Waals surface area contributed by atoms with E-state index in [4.69, 9.17) is 11.6 Å². The molecule has 3 nitrogen and oxygen atoms in total. The van der Waals surface area contributed by atoms with Gasteiger partial charge in [-0.15, -0.1) is 0 Å². The van der Waals surface area contributed by atoms with Gasteiger partial charge in [0.25, 0.3) is 0 Å². The molecule has 2 rings (SSSR count). The first-order chi connectivity index (χ1) is 9.15. The molecule has 1 aromatic heterocycles. The number of carbonyl (C=O) groups is 1. The highest BCUT2D eigenvalue weighted by atomic mass is 35.5. The number of allylic oxidation sites excluding steroid dienone is 1. The summed E-state index contributed by atoms with van der Waals surface area (Å²) in [5, 5.41) is 3.49. The van der Waals surface area contributed by atoms with Crippen LogP contribution in [0.2, 0.25) is 5.02 Å². The predicted octanol–water partition coefficient (Wildman–Crippen LogP) is 3.85. The fourth-order valence-corrected chi connectivity index (χ4v) is 1.59. The fourth-order valence-electron chi connectivity index (χ4n) is 1.48. The zero-order chi connectivity index (χ0) is 13.7. The van der Waals surface area contributed by atoms with Crippen molar-refractivity contribution in [3.8, 4) is 0 Å². The third-order valence-electron chi connectivity index (χ3n) is 2.53. The average Bonchev–Trinajstić information content (AvgIpc) is 2.41. The van der Waals surface area contributed by atoms with Crippen LogP contribution in [-0.4, -0.2) is 10.8 Å². The molecule has 4 heteroatoms. The molecule has 0 fully saturated rings. The minimum absolute atomic E-state index is 0.0542. The van der Waals surface area contributed by atoms with E-state index in [0.717, 1.165) is 5.56 Å². The molecule has 0 saturated heterocycles. The Morgan fingerprint density at radius 2 is 1.95 bits per heavy atom. The lowest BCUT2D eigenvalue weighted by Crippen LogP contribution is -1.97. The van der Waals surface area contributed by atoms with Gasteiger partial charge >= 0.3 is 0 Å². The van der Waals surface area contributed by atoms with Crippen LogP contribution in [0.3, 0.4) is 0 Å². The molecule has 0 aliphatic heterocycles. The lowest BCUT2D eigenvalue weighted by Gasteiger charge is -1.99. The molecule has 0 radical (unpaired) electrons. The van der Waals surface area contributed by atoms with E-state index >= 15 is 0 Å². The number of halogens is 1. The normalized spacial score (nSPS) is 10.6. The van der Waals surface area contributed by atoms with Gasteiger partial charge in [0.05, 0.1) is 5.02 Å². The van der Waals surface area contributed by atoms with Gasteiger partial charge < -0.3 is 5.32 Å². The number of anilines is 1. The molecule has 0 bridgehead atoms. The Labute approximate surface area is 116 Å². The van der Waals surface area contributed by atoms with Gasteiger partial charge in [0.15, 0.2) is 5.78 Å². The summed E-state index contributed by atoms with van der Waals surface area (Å²) in [5.74, 6) is 0.582. The van der Waals surface area contributed by atoms with Crippen LogP contribution in [0.15, 0.2) is 54.9 Å². The van der Waals surface area contributed by atoms with Crippen LogP contribution >= 0.6 is 11.6 Å². The number of ketones is 1. The van der Waals surface area contributed by atoms with Crippen LogP contribution < -0.4 is 5.32 Å². The number of aryl methyl sites for hydroxylation is 1. The van der Waals surface area contributed by atoms with Crippen molar-refractivity contribution in [2.45, 2.75) is 6.92 Å². The minimum Gasteiger partial charge on any atom is -0.347 e. The number of aromatic nitrogens is 1. The van der Waals surface area contributed by atoms with Gasteiger partial charge in [-0.25, -0.2) is 4.98 Å². The Bertz CT molecular complexity index is 589. The molecular weight excluding hydrogens is 260 g/mol. The highest BCUT2D eigenvalue weighted by molar-refractivity contribution is 6.30. The number of rotatable bonds is 4. The Hall–Kier alpha value is -2.13. The lowest BCUT2D eigenvalue weighted by molar-refractivity contribution is 0.104. The number of nitrogens with one attached hydrogen (secondary N) is 1. The molecule has 2 aromatic rings. The molecule has 0 spiro atoms. The van der Waals surface area contributed by atoms with E-state index in [1.54, 1.807) is 24.5 Å². The first-order valence-electron chi connectivity index (χ1n) is 5.81. The standard InChI is InChI=1S/C15H13ClN2O/c1-11-2-4-12(5-3-11)14(19)8-9-17-15-7-6-13(16)10-18-15/h2-10H,1H3,(H,17,18)/b9-8+. The first kappa shape index (κ1) is 13.3. The maximum atomic E-state index is 11.8. The topological polar surface area (TPSA) is 42.0 Å². The highest BCUT2D eigenvalue weighted by Gasteiger charge is 2.00. The fraction of sp³-hybridized carbons (Fsp3) is 0.0667. The summed E-state index contributed by atoms with van der Waals surface area (Å²) in [6.07, 6.45) is 4.58. The van der Waals surface area contributed by atoms with Gasteiger partial charge in [0.2, 0.25) is 0 Å². The van der Waals surface area contributed by atoms with Crippen molar-refractivity contribution in [1.82, 2.24) is 4.98 Å². The second-order valence-electron chi connectivity index (χ2n) is 4.07. The minimum atomic E-state index is -0.0542. The Kier molecular flexibility index (Phi) is 4.31. The van der Waals surface area contributed by atoms with E-state index in [0.29, 0.717) is 16.4 Å². The average molecular weight is 273 g/mol. The van der Waals surface area contributed by atoms with Crippen LogP contribution in [0.4, 0.5) is 5.82 Å². The monoisotopic (exact) mass is 272 g/mol. The summed E-state index contributed by atoms with van der Waals surface area (Å²) in [6.45, 7) is 1.98. The molecule has 0 unspecified atom stereocenters. The zero-order valence-corrected chi connectivity index (χ0v) is 11.2. The third-order valence-corrected chi connectivity index (χ3v) is 2.75. The van der Waals surface area contributed by atoms with Crippen LogP contribution in [0.25, 0.3) is 0 Å². The Morgan fingerprint density at radius 3 is 2.58 bits per heavy atom. The Balaban J connectivity index is 1.97. The van der Waals surface area contributed by atoms with Crippen molar-refractivity contribution in [3.63, 3.8) is 0 Å². The summed E-state index contributed by atoms with van der Waals surface area (Å²) in [7, 11) is 0. The van der Waals surface area contributed by atoms with Crippen molar-refractivity contribution in [3.05, 3.63) is 71.0 Å². The summed E-state index contributed by atoms with van der Waals surface area (Å²) in [4.78, 5) is 15.9. The van der Waals surface area contributed by atoms with Crippen molar-refractivity contribution in [2.75, 3.05) is 5.32 Å². The van der Waals surface area contributed by atoms with E-state index in [9.17, 15) is 4.79 Å². The SMILES string of the molecule is Cc1ccc(C(=O)/C=C/Nc2ccc(Cl)cn2)cc1. The van der Waals surface area contributed by atoms with Gasteiger partial charge in [-0.2, -0.15) is 0 Å². The molecule has 1 heterocycles. The summed E-state index contributed by atoms with van der Waals surface area (Å²) in [5.41, 5.74) is 1.79. The highest BCUT2D eigenvalue weighted by Crippen LogP contribution is 2.09. The maximum Gasteiger partial charge on any atom is 0.187 e. The summed E-state index contributed by atoms with van der Waals surface area (Å²) < 4.78 is 0. The number of nitrogens with zero attached hydrogens (tertiary/aromatic N) is 1. The molecule has 0 atom stereocenters. The number of hydrogen-bond donors (Lipinski definition) is 1. The van der Waals surface area contributed by atoms with E-state index < -0.39 is 0 Å². The number of hydrogen-bond acceptors (Lipinski definition) is 3. The van der Waals surface area contributed by atoms with Gasteiger partial charge in [0, 0.05) is 24.0 Å². The second kappa shape index (κ2) is 6.16. The van der Waals surface area contributed by atoms with E-state index in [-0.39, 0.29) is 5.78 Å². The molecule has 1 aromatic carbocycles. The number of benzene rings is 1. The van der Waals surface area contributed by atoms with Crippen molar-refractivity contribution < 1.29 is 4.79 Å². The van der Waals surface area contributed by atoms with Gasteiger partial charge in [-0.3, -0.25) is 4.79 Å². The van der Waals surface area contributed by atoms with Crippen LogP contribution in [0.1, 0.15) is 15.9 Å². The van der Waals surface area contributed by atoms with Crippen molar-refractivity contribution in [1.29, 1.82) is 0 Å². The Morgan fingerprint density at radius 1 is 1.21 bits per heavy atom. The molecule has 0 aliphatic rings. The number of carbonyl (C=O) groups excluding carboxylic acids is 1. The third kappa shape index (κ3) is 3.93. The van der Waals surface area contributed by atoms with Gasteiger partial charge in [-0.1, -0.05) is 41.4 Å².